The van der Waals surface area contributed by atoms with Crippen molar-refractivity contribution in [3.8, 4) is 0 Å². The van der Waals surface area contributed by atoms with Crippen LogP contribution in [-0.2, 0) is 14.9 Å². The van der Waals surface area contributed by atoms with Gasteiger partial charge >= 0.3 is 0 Å². The highest BCUT2D eigenvalue weighted by atomic mass is 35.5. The second kappa shape index (κ2) is 7.57. The van der Waals surface area contributed by atoms with Gasteiger partial charge < -0.3 is 10.1 Å². The van der Waals surface area contributed by atoms with Gasteiger partial charge in [-0.3, -0.25) is 0 Å². The minimum Gasteiger partial charge on any atom is -0.373 e. The molecule has 0 amide bonds. The molecule has 2 aliphatic rings. The lowest BCUT2D eigenvalue weighted by molar-refractivity contribution is -0.0654. The van der Waals surface area contributed by atoms with Crippen molar-refractivity contribution in [3.05, 3.63) is 0 Å². The van der Waals surface area contributed by atoms with Gasteiger partial charge in [0.05, 0.1) is 12.2 Å². The SMILES string of the molecule is CNCC1CCCN(S(=O)(=O)N2CCOC(C)(C)C2)C1.Cl. The minimum absolute atomic E-state index is 0. The zero-order valence-electron chi connectivity index (χ0n) is 13.2. The van der Waals surface area contributed by atoms with Gasteiger partial charge in [0.15, 0.2) is 0 Å². The maximum Gasteiger partial charge on any atom is 0.282 e. The largest absolute Gasteiger partial charge is 0.373 e. The minimum atomic E-state index is -3.35. The van der Waals surface area contributed by atoms with Gasteiger partial charge in [-0.2, -0.15) is 17.0 Å². The van der Waals surface area contributed by atoms with Gasteiger partial charge in [-0.15, -0.1) is 12.4 Å². The van der Waals surface area contributed by atoms with E-state index in [-0.39, 0.29) is 12.4 Å². The van der Waals surface area contributed by atoms with E-state index in [1.54, 1.807) is 8.61 Å². The molecule has 0 aromatic heterocycles. The normalized spacial score (nSPS) is 28.0. The smallest absolute Gasteiger partial charge is 0.282 e. The average molecular weight is 342 g/mol. The van der Waals surface area contributed by atoms with Crippen LogP contribution in [0.5, 0.6) is 0 Å². The molecule has 6 nitrogen and oxygen atoms in total. The number of nitrogens with zero attached hydrogens (tertiary/aromatic N) is 2. The van der Waals surface area contributed by atoms with Crippen molar-refractivity contribution in [1.29, 1.82) is 0 Å². The van der Waals surface area contributed by atoms with Crippen LogP contribution in [0.3, 0.4) is 0 Å². The van der Waals surface area contributed by atoms with Gasteiger partial charge in [0, 0.05) is 26.2 Å². The number of halogens is 1. The van der Waals surface area contributed by atoms with Crippen LogP contribution in [-0.4, -0.2) is 69.0 Å². The zero-order chi connectivity index (χ0) is 14.8. The Labute approximate surface area is 134 Å². The molecule has 2 heterocycles. The number of hydrogen-bond donors (Lipinski definition) is 1. The fourth-order valence-corrected chi connectivity index (χ4v) is 4.89. The summed E-state index contributed by atoms with van der Waals surface area (Å²) in [5.74, 6) is 0.414. The second-order valence-electron chi connectivity index (χ2n) is 6.37. The first-order valence-electron chi connectivity index (χ1n) is 7.39. The Balaban J connectivity index is 0.00000220. The molecule has 21 heavy (non-hydrogen) atoms. The summed E-state index contributed by atoms with van der Waals surface area (Å²) in [4.78, 5) is 0. The Morgan fingerprint density at radius 1 is 1.29 bits per heavy atom. The maximum absolute atomic E-state index is 12.8. The van der Waals surface area contributed by atoms with E-state index in [0.29, 0.717) is 38.7 Å². The predicted octanol–water partition coefficient (Wildman–Crippen LogP) is 0.695. The van der Waals surface area contributed by atoms with Crippen LogP contribution in [0.2, 0.25) is 0 Å². The molecule has 0 saturated carbocycles. The van der Waals surface area contributed by atoms with Crippen molar-refractivity contribution in [3.63, 3.8) is 0 Å². The first kappa shape index (κ1) is 19.1. The Kier molecular flexibility index (Phi) is 6.89. The van der Waals surface area contributed by atoms with Crippen LogP contribution in [0, 0.1) is 5.92 Å². The predicted molar refractivity (Wildman–Crippen MR) is 86.0 cm³/mol. The lowest BCUT2D eigenvalue weighted by atomic mass is 10.00. The molecule has 1 atom stereocenters. The van der Waals surface area contributed by atoms with E-state index in [2.05, 4.69) is 5.32 Å². The zero-order valence-corrected chi connectivity index (χ0v) is 14.8. The summed E-state index contributed by atoms with van der Waals surface area (Å²) in [7, 11) is -1.43. The molecular formula is C13H28ClN3O3S. The molecule has 0 aliphatic carbocycles. The van der Waals surface area contributed by atoms with Crippen LogP contribution >= 0.6 is 12.4 Å². The van der Waals surface area contributed by atoms with E-state index < -0.39 is 15.8 Å². The lowest BCUT2D eigenvalue weighted by Gasteiger charge is -2.41. The maximum atomic E-state index is 12.8. The highest BCUT2D eigenvalue weighted by molar-refractivity contribution is 7.86. The summed E-state index contributed by atoms with van der Waals surface area (Å²) in [6.07, 6.45) is 2.04. The topological polar surface area (TPSA) is 61.9 Å². The fraction of sp³-hybridized carbons (Fsp3) is 1.00. The van der Waals surface area contributed by atoms with Gasteiger partial charge in [-0.1, -0.05) is 0 Å². The van der Waals surface area contributed by atoms with Crippen molar-refractivity contribution in [1.82, 2.24) is 13.9 Å². The molecule has 2 rings (SSSR count). The Hall–Kier alpha value is 0.0800. The standard InChI is InChI=1S/C13H27N3O3S.ClH/c1-13(2)11-16(7-8-19-13)20(17,18)15-6-4-5-12(10-15)9-14-3;/h12,14H,4-11H2,1-3H3;1H. The third-order valence-corrected chi connectivity index (χ3v) is 5.97. The Morgan fingerprint density at radius 2 is 2.00 bits per heavy atom. The molecule has 1 unspecified atom stereocenters. The number of rotatable bonds is 4. The highest BCUT2D eigenvalue weighted by Gasteiger charge is 2.38. The molecule has 0 aromatic carbocycles. The van der Waals surface area contributed by atoms with Crippen LogP contribution in [0.25, 0.3) is 0 Å². The number of morpholine rings is 1. The van der Waals surface area contributed by atoms with Gasteiger partial charge in [0.25, 0.3) is 10.2 Å². The molecule has 2 aliphatic heterocycles. The summed E-state index contributed by atoms with van der Waals surface area (Å²) >= 11 is 0. The number of piperidine rings is 1. The first-order chi connectivity index (χ1) is 9.35. The quantitative estimate of drug-likeness (QED) is 0.817. The van der Waals surface area contributed by atoms with E-state index in [9.17, 15) is 8.42 Å². The first-order valence-corrected chi connectivity index (χ1v) is 8.79. The number of ether oxygens (including phenoxy) is 1. The van der Waals surface area contributed by atoms with E-state index >= 15 is 0 Å². The molecule has 0 radical (unpaired) electrons. The number of hydrogen-bond acceptors (Lipinski definition) is 4. The summed E-state index contributed by atoms with van der Waals surface area (Å²) in [6, 6.07) is 0. The Bertz CT molecular complexity index is 428. The number of nitrogens with one attached hydrogen (secondary N) is 1. The summed E-state index contributed by atoms with van der Waals surface area (Å²) in [6.45, 7) is 7.38. The van der Waals surface area contributed by atoms with Gasteiger partial charge in [-0.05, 0) is 46.2 Å². The van der Waals surface area contributed by atoms with E-state index in [0.717, 1.165) is 19.4 Å². The van der Waals surface area contributed by atoms with E-state index in [1.165, 1.54) is 0 Å². The van der Waals surface area contributed by atoms with Crippen molar-refractivity contribution >= 4 is 22.6 Å². The molecule has 1 N–H and O–H groups in total. The third kappa shape index (κ3) is 4.77. The molecule has 8 heteroatoms. The van der Waals surface area contributed by atoms with E-state index in [4.69, 9.17) is 4.74 Å². The summed E-state index contributed by atoms with van der Waals surface area (Å²) in [5.41, 5.74) is -0.397. The van der Waals surface area contributed by atoms with Crippen LogP contribution in [0.1, 0.15) is 26.7 Å². The summed E-state index contributed by atoms with van der Waals surface area (Å²) in [5, 5.41) is 3.15. The molecule has 126 valence electrons. The molecule has 0 spiro atoms. The monoisotopic (exact) mass is 341 g/mol. The molecule has 2 fully saturated rings. The molecular weight excluding hydrogens is 314 g/mol. The van der Waals surface area contributed by atoms with Crippen LogP contribution in [0.4, 0.5) is 0 Å². The van der Waals surface area contributed by atoms with Gasteiger partial charge in [-0.25, -0.2) is 0 Å². The Morgan fingerprint density at radius 3 is 2.62 bits per heavy atom. The van der Waals surface area contributed by atoms with Crippen LogP contribution < -0.4 is 5.32 Å². The summed E-state index contributed by atoms with van der Waals surface area (Å²) < 4.78 is 34.3. The van der Waals surface area contributed by atoms with Gasteiger partial charge in [0.2, 0.25) is 0 Å². The van der Waals surface area contributed by atoms with Crippen LogP contribution in [0.15, 0.2) is 0 Å². The van der Waals surface area contributed by atoms with Crippen molar-refractivity contribution in [2.24, 2.45) is 5.92 Å². The van der Waals surface area contributed by atoms with Crippen molar-refractivity contribution < 1.29 is 13.2 Å². The van der Waals surface area contributed by atoms with Crippen molar-refractivity contribution in [2.45, 2.75) is 32.3 Å². The lowest BCUT2D eigenvalue weighted by Crippen LogP contribution is -2.56. The highest BCUT2D eigenvalue weighted by Crippen LogP contribution is 2.24. The molecule has 0 aromatic rings. The van der Waals surface area contributed by atoms with E-state index in [1.807, 2.05) is 20.9 Å². The second-order valence-corrected chi connectivity index (χ2v) is 8.30. The average Bonchev–Trinajstić information content (AvgIpc) is 2.38. The fourth-order valence-electron chi connectivity index (χ4n) is 3.03. The molecule has 0 bridgehead atoms. The molecule has 2 saturated heterocycles. The van der Waals surface area contributed by atoms with Gasteiger partial charge in [0.1, 0.15) is 0 Å². The third-order valence-electron chi connectivity index (χ3n) is 4.02. The van der Waals surface area contributed by atoms with Crippen molar-refractivity contribution in [2.75, 3.05) is 46.4 Å².